The van der Waals surface area contributed by atoms with E-state index in [1.807, 2.05) is 13.8 Å². The second-order valence-corrected chi connectivity index (χ2v) is 3.40. The Morgan fingerprint density at radius 2 is 1.21 bits per heavy atom. The Morgan fingerprint density at radius 3 is 1.57 bits per heavy atom. The van der Waals surface area contributed by atoms with Crippen molar-refractivity contribution in [3.8, 4) is 0 Å². The van der Waals surface area contributed by atoms with E-state index in [-0.39, 0.29) is 0 Å². The topological polar surface area (TPSA) is 6.48 Å². The Hall–Kier alpha value is -0.860. The highest BCUT2D eigenvalue weighted by Gasteiger charge is 2.16. The van der Waals surface area contributed by atoms with E-state index in [0.717, 1.165) is 13.1 Å². The van der Waals surface area contributed by atoms with Gasteiger partial charge >= 0.3 is 0 Å². The van der Waals surface area contributed by atoms with Crippen LogP contribution in [-0.2, 0) is 13.1 Å². The number of rotatable bonds is 0. The van der Waals surface area contributed by atoms with Crippen LogP contribution in [0.15, 0.2) is 24.3 Å². The van der Waals surface area contributed by atoms with E-state index < -0.39 is 0 Å². The van der Waals surface area contributed by atoms with Crippen molar-refractivity contribution in [2.75, 3.05) is 14.1 Å². The molecule has 2 nitrogen and oxygen atoms in total. The molecule has 14 heavy (non-hydrogen) atoms. The minimum absolute atomic E-state index is 1.03. The lowest BCUT2D eigenvalue weighted by Gasteiger charge is -2.34. The molecule has 0 radical (unpaired) electrons. The fraction of sp³-hybridized carbons (Fsp3) is 0.500. The highest BCUT2D eigenvalue weighted by Crippen LogP contribution is 2.18. The fourth-order valence-electron chi connectivity index (χ4n) is 1.60. The molecule has 78 valence electrons. The van der Waals surface area contributed by atoms with Gasteiger partial charge in [-0.05, 0) is 11.1 Å². The second-order valence-electron chi connectivity index (χ2n) is 3.40. The molecule has 0 aliphatic carbocycles. The molecule has 0 N–H and O–H groups in total. The van der Waals surface area contributed by atoms with Gasteiger partial charge in [0.1, 0.15) is 0 Å². The third-order valence-corrected chi connectivity index (χ3v) is 2.50. The quantitative estimate of drug-likeness (QED) is 0.623. The summed E-state index contributed by atoms with van der Waals surface area (Å²) in [6, 6.07) is 8.63. The van der Waals surface area contributed by atoms with Crippen LogP contribution in [0.5, 0.6) is 0 Å². The van der Waals surface area contributed by atoms with E-state index in [1.165, 1.54) is 11.1 Å². The first kappa shape index (κ1) is 11.2. The van der Waals surface area contributed by atoms with Crippen molar-refractivity contribution in [3.63, 3.8) is 0 Å². The molecule has 0 bridgehead atoms. The zero-order valence-corrected chi connectivity index (χ0v) is 9.62. The fourth-order valence-corrected chi connectivity index (χ4v) is 1.60. The van der Waals surface area contributed by atoms with Crippen LogP contribution >= 0.6 is 0 Å². The van der Waals surface area contributed by atoms with Gasteiger partial charge in [0.2, 0.25) is 0 Å². The summed E-state index contributed by atoms with van der Waals surface area (Å²) in [5.74, 6) is 0. The van der Waals surface area contributed by atoms with Crippen molar-refractivity contribution in [2.45, 2.75) is 26.9 Å². The zero-order chi connectivity index (χ0) is 10.6. The number of nitrogens with zero attached hydrogens (tertiary/aromatic N) is 2. The molecule has 0 amide bonds. The van der Waals surface area contributed by atoms with E-state index in [2.05, 4.69) is 48.4 Å². The molecule has 1 heterocycles. The highest BCUT2D eigenvalue weighted by atomic mass is 15.6. The number of hydrazine groups is 1. The summed E-state index contributed by atoms with van der Waals surface area (Å²) >= 11 is 0. The van der Waals surface area contributed by atoms with Gasteiger partial charge in [0, 0.05) is 27.2 Å². The molecule has 0 unspecified atom stereocenters. The molecule has 1 aliphatic rings. The lowest BCUT2D eigenvalue weighted by Crippen LogP contribution is -2.39. The Labute approximate surface area is 87.1 Å². The molecule has 0 atom stereocenters. The first-order chi connectivity index (χ1) is 6.77. The van der Waals surface area contributed by atoms with E-state index >= 15 is 0 Å². The first-order valence-corrected chi connectivity index (χ1v) is 5.26. The minimum atomic E-state index is 1.03. The smallest absolute Gasteiger partial charge is 0.0384 e. The number of benzene rings is 1. The number of hydrogen-bond donors (Lipinski definition) is 0. The summed E-state index contributed by atoms with van der Waals surface area (Å²) in [7, 11) is 4.24. The molecule has 2 rings (SSSR count). The van der Waals surface area contributed by atoms with E-state index in [0.29, 0.717) is 0 Å². The first-order valence-electron chi connectivity index (χ1n) is 5.26. The van der Waals surface area contributed by atoms with Crippen molar-refractivity contribution in [3.05, 3.63) is 35.4 Å². The molecule has 1 aromatic rings. The predicted octanol–water partition coefficient (Wildman–Crippen LogP) is 2.51. The van der Waals surface area contributed by atoms with Crippen molar-refractivity contribution < 1.29 is 0 Å². The molecule has 0 spiro atoms. The molecule has 1 aromatic carbocycles. The maximum Gasteiger partial charge on any atom is 0.0384 e. The van der Waals surface area contributed by atoms with Crippen LogP contribution in [0.3, 0.4) is 0 Å². The maximum absolute atomic E-state index is 2.24. The summed E-state index contributed by atoms with van der Waals surface area (Å²) in [4.78, 5) is 0. The molecule has 0 saturated carbocycles. The standard InChI is InChI=1S/C10H14N2.C2H6/c1-11-7-9-5-3-4-6-10(9)8-12(11)2;1-2/h3-6H,7-8H2,1-2H3;1-2H3. The van der Waals surface area contributed by atoms with Gasteiger partial charge in [0.05, 0.1) is 0 Å². The van der Waals surface area contributed by atoms with Gasteiger partial charge in [0.25, 0.3) is 0 Å². The normalized spacial score (nSPS) is 16.9. The van der Waals surface area contributed by atoms with Gasteiger partial charge in [-0.2, -0.15) is 0 Å². The van der Waals surface area contributed by atoms with Crippen LogP contribution in [-0.4, -0.2) is 24.1 Å². The van der Waals surface area contributed by atoms with Gasteiger partial charge in [-0.15, -0.1) is 0 Å². The summed E-state index contributed by atoms with van der Waals surface area (Å²) < 4.78 is 0. The Morgan fingerprint density at radius 1 is 0.857 bits per heavy atom. The van der Waals surface area contributed by atoms with Gasteiger partial charge in [-0.25, -0.2) is 10.0 Å². The van der Waals surface area contributed by atoms with Crippen LogP contribution in [0.25, 0.3) is 0 Å². The SMILES string of the molecule is CC.CN1Cc2ccccc2CN1C. The van der Waals surface area contributed by atoms with Gasteiger partial charge in [-0.1, -0.05) is 38.1 Å². The van der Waals surface area contributed by atoms with Gasteiger partial charge < -0.3 is 0 Å². The van der Waals surface area contributed by atoms with Gasteiger partial charge in [-0.3, -0.25) is 0 Å². The van der Waals surface area contributed by atoms with Crippen LogP contribution in [0.2, 0.25) is 0 Å². The Bertz CT molecular complexity index is 254. The molecular weight excluding hydrogens is 172 g/mol. The third-order valence-electron chi connectivity index (χ3n) is 2.50. The predicted molar refractivity (Wildman–Crippen MR) is 60.7 cm³/mol. The number of fused-ring (bicyclic) bond motifs is 1. The van der Waals surface area contributed by atoms with E-state index in [1.54, 1.807) is 0 Å². The lowest BCUT2D eigenvalue weighted by molar-refractivity contribution is -0.00179. The highest BCUT2D eigenvalue weighted by molar-refractivity contribution is 5.27. The van der Waals surface area contributed by atoms with Crippen LogP contribution in [0.4, 0.5) is 0 Å². The van der Waals surface area contributed by atoms with Crippen molar-refractivity contribution in [1.82, 2.24) is 10.0 Å². The maximum atomic E-state index is 2.24. The molecule has 0 fully saturated rings. The monoisotopic (exact) mass is 192 g/mol. The largest absolute Gasteiger partial charge is 0.240 e. The van der Waals surface area contributed by atoms with Crippen LogP contribution in [0.1, 0.15) is 25.0 Å². The van der Waals surface area contributed by atoms with Crippen LogP contribution < -0.4 is 0 Å². The lowest BCUT2D eigenvalue weighted by atomic mass is 10.1. The molecular formula is C12H20N2. The number of hydrogen-bond acceptors (Lipinski definition) is 2. The Balaban J connectivity index is 0.000000461. The summed E-state index contributed by atoms with van der Waals surface area (Å²) in [6.45, 7) is 6.07. The molecule has 1 aliphatic heterocycles. The average Bonchev–Trinajstić information content (AvgIpc) is 2.23. The summed E-state index contributed by atoms with van der Waals surface area (Å²) in [5, 5.41) is 4.48. The summed E-state index contributed by atoms with van der Waals surface area (Å²) in [6.07, 6.45) is 0. The van der Waals surface area contributed by atoms with Crippen molar-refractivity contribution in [2.24, 2.45) is 0 Å². The molecule has 0 saturated heterocycles. The minimum Gasteiger partial charge on any atom is -0.240 e. The second kappa shape index (κ2) is 5.13. The third kappa shape index (κ3) is 2.34. The summed E-state index contributed by atoms with van der Waals surface area (Å²) in [5.41, 5.74) is 2.91. The van der Waals surface area contributed by atoms with Gasteiger partial charge in [0.15, 0.2) is 0 Å². The van der Waals surface area contributed by atoms with Crippen LogP contribution in [0, 0.1) is 0 Å². The Kier molecular flexibility index (Phi) is 4.11. The average molecular weight is 192 g/mol. The van der Waals surface area contributed by atoms with E-state index in [9.17, 15) is 0 Å². The zero-order valence-electron chi connectivity index (χ0n) is 9.62. The van der Waals surface area contributed by atoms with Crippen molar-refractivity contribution >= 4 is 0 Å². The molecule has 2 heteroatoms. The van der Waals surface area contributed by atoms with E-state index in [4.69, 9.17) is 0 Å². The van der Waals surface area contributed by atoms with Crippen molar-refractivity contribution in [1.29, 1.82) is 0 Å². The molecule has 0 aromatic heterocycles.